The van der Waals surface area contributed by atoms with Gasteiger partial charge in [0.25, 0.3) is 6.47 Å². The first-order valence-electron chi connectivity index (χ1n) is 2.44. The van der Waals surface area contributed by atoms with E-state index < -0.39 is 0 Å². The molecule has 0 heterocycles. The number of thioether (sulfide) groups is 1. The first-order valence-corrected chi connectivity index (χ1v) is 3.49. The molecule has 0 unspecified atom stereocenters. The fourth-order valence-electron chi connectivity index (χ4n) is 0.203. The van der Waals surface area contributed by atoms with Crippen molar-refractivity contribution in [1.82, 2.24) is 0 Å². The van der Waals surface area contributed by atoms with Gasteiger partial charge in [0.05, 0.1) is 0 Å². The maximum absolute atomic E-state index is 9.55. The van der Waals surface area contributed by atoms with Crippen LogP contribution in [0.1, 0.15) is 13.8 Å². The number of rotatable bonds is 4. The molecule has 0 bridgehead atoms. The lowest BCUT2D eigenvalue weighted by Gasteiger charge is -2.00. The fraction of sp³-hybridized carbons (Fsp3) is 0.800. The summed E-state index contributed by atoms with van der Waals surface area (Å²) in [4.78, 5) is 9.55. The highest BCUT2D eigenvalue weighted by atomic mass is 32.2. The van der Waals surface area contributed by atoms with Gasteiger partial charge in [0.2, 0.25) is 0 Å². The van der Waals surface area contributed by atoms with Crippen LogP contribution in [0.25, 0.3) is 0 Å². The summed E-state index contributed by atoms with van der Waals surface area (Å²) in [5, 5.41) is 0.537. The third kappa shape index (κ3) is 5.82. The summed E-state index contributed by atoms with van der Waals surface area (Å²) >= 11 is 1.60. The molecule has 0 aromatic carbocycles. The molecule has 0 fully saturated rings. The molecule has 3 heteroatoms. The second kappa shape index (κ2) is 4.97. The second-order valence-corrected chi connectivity index (χ2v) is 3.11. The van der Waals surface area contributed by atoms with Crippen molar-refractivity contribution >= 4 is 18.2 Å². The van der Waals surface area contributed by atoms with Gasteiger partial charge in [-0.05, 0) is 0 Å². The Morgan fingerprint density at radius 3 is 2.75 bits per heavy atom. The fourth-order valence-corrected chi connectivity index (χ4v) is 0.609. The van der Waals surface area contributed by atoms with E-state index in [1.54, 1.807) is 11.8 Å². The Kier molecular flexibility index (Phi) is 4.85. The SMILES string of the molecule is CC(C)SCOC=O. The summed E-state index contributed by atoms with van der Waals surface area (Å²) in [6.07, 6.45) is 0. The maximum atomic E-state index is 9.55. The highest BCUT2D eigenvalue weighted by Gasteiger charge is 1.90. The van der Waals surface area contributed by atoms with Crippen LogP contribution in [0.2, 0.25) is 0 Å². The molecule has 0 rings (SSSR count). The summed E-state index contributed by atoms with van der Waals surface area (Å²) in [5.41, 5.74) is 0. The summed E-state index contributed by atoms with van der Waals surface area (Å²) in [6.45, 7) is 4.58. The Morgan fingerprint density at radius 1 is 1.75 bits per heavy atom. The van der Waals surface area contributed by atoms with Crippen LogP contribution in [0, 0.1) is 0 Å². The lowest BCUT2D eigenvalue weighted by molar-refractivity contribution is -0.126. The van der Waals surface area contributed by atoms with Crippen LogP contribution in [0.3, 0.4) is 0 Å². The van der Waals surface area contributed by atoms with E-state index in [2.05, 4.69) is 18.6 Å². The molecule has 0 saturated heterocycles. The Morgan fingerprint density at radius 2 is 2.38 bits per heavy atom. The summed E-state index contributed by atoms with van der Waals surface area (Å²) in [6, 6.07) is 0. The summed E-state index contributed by atoms with van der Waals surface area (Å²) < 4.78 is 4.43. The maximum Gasteiger partial charge on any atom is 0.293 e. The van der Waals surface area contributed by atoms with E-state index in [-0.39, 0.29) is 0 Å². The number of hydrogen-bond donors (Lipinski definition) is 0. The van der Waals surface area contributed by atoms with Crippen molar-refractivity contribution in [2.45, 2.75) is 19.1 Å². The summed E-state index contributed by atoms with van der Waals surface area (Å²) in [5.74, 6) is 0.473. The van der Waals surface area contributed by atoms with E-state index in [9.17, 15) is 4.79 Å². The van der Waals surface area contributed by atoms with E-state index in [4.69, 9.17) is 0 Å². The molecule has 0 N–H and O–H groups in total. The molecule has 0 aliphatic rings. The van der Waals surface area contributed by atoms with Crippen molar-refractivity contribution < 1.29 is 9.53 Å². The Labute approximate surface area is 53.6 Å². The molecule has 0 aliphatic carbocycles. The zero-order chi connectivity index (χ0) is 6.41. The molecule has 48 valence electrons. The molecule has 0 spiro atoms. The smallest absolute Gasteiger partial charge is 0.293 e. The van der Waals surface area contributed by atoms with Gasteiger partial charge in [0, 0.05) is 5.25 Å². The van der Waals surface area contributed by atoms with Crippen molar-refractivity contribution in [3.8, 4) is 0 Å². The van der Waals surface area contributed by atoms with Gasteiger partial charge in [-0.2, -0.15) is 0 Å². The van der Waals surface area contributed by atoms with Crippen LogP contribution in [0.5, 0.6) is 0 Å². The van der Waals surface area contributed by atoms with Crippen molar-refractivity contribution in [2.75, 3.05) is 5.94 Å². The molecular weight excluding hydrogens is 124 g/mol. The Bertz CT molecular complexity index is 63.4. The molecule has 0 aromatic rings. The molecule has 0 radical (unpaired) electrons. The van der Waals surface area contributed by atoms with Gasteiger partial charge in [-0.3, -0.25) is 4.79 Å². The van der Waals surface area contributed by atoms with Crippen molar-refractivity contribution in [3.05, 3.63) is 0 Å². The minimum atomic E-state index is 0.468. The zero-order valence-electron chi connectivity index (χ0n) is 5.09. The quantitative estimate of drug-likeness (QED) is 0.329. The molecule has 0 atom stereocenters. The second-order valence-electron chi connectivity index (χ2n) is 1.60. The van der Waals surface area contributed by atoms with Crippen LogP contribution < -0.4 is 0 Å². The average molecular weight is 134 g/mol. The third-order valence-corrected chi connectivity index (χ3v) is 1.48. The van der Waals surface area contributed by atoms with E-state index in [1.165, 1.54) is 0 Å². The molecule has 0 aliphatic heterocycles. The first kappa shape index (κ1) is 7.82. The lowest BCUT2D eigenvalue weighted by atomic mass is 10.6. The number of ether oxygens (including phenoxy) is 1. The highest BCUT2D eigenvalue weighted by molar-refractivity contribution is 7.99. The predicted molar refractivity (Wildman–Crippen MR) is 34.7 cm³/mol. The monoisotopic (exact) mass is 134 g/mol. The van der Waals surface area contributed by atoms with Crippen LogP contribution in [-0.2, 0) is 9.53 Å². The van der Waals surface area contributed by atoms with E-state index in [1.807, 2.05) is 0 Å². The van der Waals surface area contributed by atoms with E-state index in [0.29, 0.717) is 17.7 Å². The molecule has 8 heavy (non-hydrogen) atoms. The minimum Gasteiger partial charge on any atom is -0.457 e. The van der Waals surface area contributed by atoms with E-state index >= 15 is 0 Å². The summed E-state index contributed by atoms with van der Waals surface area (Å²) in [7, 11) is 0. The van der Waals surface area contributed by atoms with Gasteiger partial charge in [-0.25, -0.2) is 0 Å². The van der Waals surface area contributed by atoms with Crippen LogP contribution in [-0.4, -0.2) is 17.7 Å². The largest absolute Gasteiger partial charge is 0.457 e. The molecule has 0 saturated carbocycles. The highest BCUT2D eigenvalue weighted by Crippen LogP contribution is 2.07. The minimum absolute atomic E-state index is 0.468. The third-order valence-electron chi connectivity index (χ3n) is 0.537. The molecule has 0 aromatic heterocycles. The molecular formula is C5H10O2S. The topological polar surface area (TPSA) is 26.3 Å². The normalized spacial score (nSPS) is 9.38. The van der Waals surface area contributed by atoms with Crippen LogP contribution in [0.15, 0.2) is 0 Å². The Hall–Kier alpha value is -0.180. The number of carbonyl (C=O) groups is 1. The van der Waals surface area contributed by atoms with Gasteiger partial charge in [-0.1, -0.05) is 13.8 Å². The average Bonchev–Trinajstić information content (AvgIpc) is 1.66. The van der Waals surface area contributed by atoms with Crippen molar-refractivity contribution in [2.24, 2.45) is 0 Å². The number of hydrogen-bond acceptors (Lipinski definition) is 3. The standard InChI is InChI=1S/C5H10O2S/c1-5(2)8-4-7-3-6/h3,5H,4H2,1-2H3. The van der Waals surface area contributed by atoms with E-state index in [0.717, 1.165) is 0 Å². The predicted octanol–water partition coefficient (Wildman–Crippen LogP) is 1.26. The lowest BCUT2D eigenvalue weighted by Crippen LogP contribution is -1.92. The first-order chi connectivity index (χ1) is 3.77. The number of carbonyl (C=O) groups excluding carboxylic acids is 1. The van der Waals surface area contributed by atoms with Crippen LogP contribution in [0.4, 0.5) is 0 Å². The van der Waals surface area contributed by atoms with Crippen molar-refractivity contribution in [1.29, 1.82) is 0 Å². The Balaban J connectivity index is 2.81. The molecule has 0 amide bonds. The van der Waals surface area contributed by atoms with Crippen LogP contribution >= 0.6 is 11.8 Å². The van der Waals surface area contributed by atoms with Crippen molar-refractivity contribution in [3.63, 3.8) is 0 Å². The zero-order valence-corrected chi connectivity index (χ0v) is 5.90. The van der Waals surface area contributed by atoms with Gasteiger partial charge in [-0.15, -0.1) is 11.8 Å². The van der Waals surface area contributed by atoms with Gasteiger partial charge in [0.1, 0.15) is 5.94 Å². The molecule has 2 nitrogen and oxygen atoms in total. The van der Waals surface area contributed by atoms with Gasteiger partial charge >= 0.3 is 0 Å². The van der Waals surface area contributed by atoms with Gasteiger partial charge < -0.3 is 4.74 Å². The van der Waals surface area contributed by atoms with Gasteiger partial charge in [0.15, 0.2) is 0 Å².